The van der Waals surface area contributed by atoms with E-state index in [0.717, 1.165) is 29.8 Å². The Kier molecular flexibility index (Phi) is 5.19. The molecule has 0 spiro atoms. The summed E-state index contributed by atoms with van der Waals surface area (Å²) in [7, 11) is 0. The lowest BCUT2D eigenvalue weighted by Crippen LogP contribution is -2.53. The van der Waals surface area contributed by atoms with E-state index in [1.54, 1.807) is 11.8 Å². The van der Waals surface area contributed by atoms with Crippen LogP contribution in [0.3, 0.4) is 0 Å². The molecule has 0 heterocycles. The SMILES string of the molecule is Cc1ccc(Sc2ccc(NC(=O)C3(C(=O)NC4CC4)CCC3)cc2)c(C)c1. The van der Waals surface area contributed by atoms with E-state index in [4.69, 9.17) is 0 Å². The van der Waals surface area contributed by atoms with E-state index < -0.39 is 5.41 Å². The molecule has 0 radical (unpaired) electrons. The molecule has 0 aromatic heterocycles. The van der Waals surface area contributed by atoms with E-state index in [1.165, 1.54) is 16.0 Å². The molecule has 5 heteroatoms. The van der Waals surface area contributed by atoms with Crippen LogP contribution in [0.4, 0.5) is 5.69 Å². The van der Waals surface area contributed by atoms with Gasteiger partial charge in [-0.25, -0.2) is 0 Å². The highest BCUT2D eigenvalue weighted by Gasteiger charge is 2.51. The molecule has 2 fully saturated rings. The Morgan fingerprint density at radius 2 is 1.71 bits per heavy atom. The van der Waals surface area contributed by atoms with Gasteiger partial charge in [-0.1, -0.05) is 35.9 Å². The van der Waals surface area contributed by atoms with Gasteiger partial charge in [0.25, 0.3) is 0 Å². The predicted octanol–water partition coefficient (Wildman–Crippen LogP) is 4.84. The number of hydrogen-bond acceptors (Lipinski definition) is 3. The molecule has 2 aromatic rings. The minimum Gasteiger partial charge on any atom is -0.352 e. The topological polar surface area (TPSA) is 58.2 Å². The summed E-state index contributed by atoms with van der Waals surface area (Å²) in [5.74, 6) is -0.271. The molecule has 2 saturated carbocycles. The van der Waals surface area contributed by atoms with Gasteiger partial charge in [0.2, 0.25) is 11.8 Å². The minimum atomic E-state index is -0.880. The lowest BCUT2D eigenvalue weighted by atomic mass is 9.67. The Morgan fingerprint density at radius 3 is 2.29 bits per heavy atom. The zero-order valence-electron chi connectivity index (χ0n) is 16.4. The number of carbonyl (C=O) groups excluding carboxylic acids is 2. The van der Waals surface area contributed by atoms with Gasteiger partial charge in [-0.15, -0.1) is 0 Å². The van der Waals surface area contributed by atoms with Crippen LogP contribution in [0.2, 0.25) is 0 Å². The highest BCUT2D eigenvalue weighted by Crippen LogP contribution is 2.43. The third-order valence-corrected chi connectivity index (χ3v) is 6.85. The molecule has 4 nitrogen and oxygen atoms in total. The molecule has 28 heavy (non-hydrogen) atoms. The van der Waals surface area contributed by atoms with Gasteiger partial charge in [-0.3, -0.25) is 9.59 Å². The summed E-state index contributed by atoms with van der Waals surface area (Å²) in [5.41, 5.74) is 2.38. The van der Waals surface area contributed by atoms with Crippen LogP contribution >= 0.6 is 11.8 Å². The Morgan fingerprint density at radius 1 is 1.00 bits per heavy atom. The van der Waals surface area contributed by atoms with Crippen molar-refractivity contribution >= 4 is 29.3 Å². The second-order valence-electron chi connectivity index (χ2n) is 8.03. The van der Waals surface area contributed by atoms with Crippen molar-refractivity contribution in [3.05, 3.63) is 53.6 Å². The molecule has 4 rings (SSSR count). The number of rotatable bonds is 6. The van der Waals surface area contributed by atoms with Gasteiger partial charge in [0.1, 0.15) is 5.41 Å². The monoisotopic (exact) mass is 394 g/mol. The van der Waals surface area contributed by atoms with Crippen molar-refractivity contribution in [1.82, 2.24) is 5.32 Å². The first-order chi connectivity index (χ1) is 13.5. The molecule has 0 unspecified atom stereocenters. The molecule has 0 bridgehead atoms. The third kappa shape index (κ3) is 3.95. The smallest absolute Gasteiger partial charge is 0.240 e. The molecule has 2 aromatic carbocycles. The van der Waals surface area contributed by atoms with Crippen molar-refractivity contribution in [3.63, 3.8) is 0 Å². The van der Waals surface area contributed by atoms with Gasteiger partial charge < -0.3 is 10.6 Å². The van der Waals surface area contributed by atoms with Crippen LogP contribution in [-0.2, 0) is 9.59 Å². The van der Waals surface area contributed by atoms with E-state index in [-0.39, 0.29) is 17.9 Å². The second-order valence-corrected chi connectivity index (χ2v) is 9.15. The number of anilines is 1. The minimum absolute atomic E-state index is 0.0965. The molecule has 0 atom stereocenters. The maximum absolute atomic E-state index is 12.8. The molecular weight excluding hydrogens is 368 g/mol. The van der Waals surface area contributed by atoms with Gasteiger partial charge in [0.05, 0.1) is 0 Å². The fourth-order valence-corrected chi connectivity index (χ4v) is 4.42. The van der Waals surface area contributed by atoms with Gasteiger partial charge in [0, 0.05) is 21.5 Å². The van der Waals surface area contributed by atoms with Gasteiger partial charge in [0.15, 0.2) is 0 Å². The molecule has 2 aliphatic rings. The zero-order chi connectivity index (χ0) is 19.7. The summed E-state index contributed by atoms with van der Waals surface area (Å²) in [4.78, 5) is 27.8. The summed E-state index contributed by atoms with van der Waals surface area (Å²) in [6, 6.07) is 14.6. The van der Waals surface area contributed by atoms with Crippen molar-refractivity contribution in [3.8, 4) is 0 Å². The lowest BCUT2D eigenvalue weighted by Gasteiger charge is -2.38. The summed E-state index contributed by atoms with van der Waals surface area (Å²) in [6.45, 7) is 4.22. The molecular formula is C23H26N2O2S. The summed E-state index contributed by atoms with van der Waals surface area (Å²) in [5, 5.41) is 5.97. The first-order valence-corrected chi connectivity index (χ1v) is 10.8. The largest absolute Gasteiger partial charge is 0.352 e. The molecule has 2 aliphatic carbocycles. The van der Waals surface area contributed by atoms with E-state index in [2.05, 4.69) is 42.7 Å². The number of benzene rings is 2. The molecule has 0 aliphatic heterocycles. The Hall–Kier alpha value is -2.27. The van der Waals surface area contributed by atoms with Crippen LogP contribution in [0.5, 0.6) is 0 Å². The summed E-state index contributed by atoms with van der Waals surface area (Å²) >= 11 is 1.71. The summed E-state index contributed by atoms with van der Waals surface area (Å²) in [6.07, 6.45) is 4.26. The van der Waals surface area contributed by atoms with Crippen LogP contribution < -0.4 is 10.6 Å². The van der Waals surface area contributed by atoms with Crippen LogP contribution in [0, 0.1) is 19.3 Å². The highest BCUT2D eigenvalue weighted by molar-refractivity contribution is 7.99. The number of nitrogens with one attached hydrogen (secondary N) is 2. The number of amides is 2. The molecule has 0 saturated heterocycles. The van der Waals surface area contributed by atoms with E-state index in [0.29, 0.717) is 12.8 Å². The normalized spacial score (nSPS) is 17.5. The van der Waals surface area contributed by atoms with E-state index in [1.807, 2.05) is 24.3 Å². The number of aryl methyl sites for hydroxylation is 2. The quantitative estimate of drug-likeness (QED) is 0.689. The number of hydrogen-bond donors (Lipinski definition) is 2. The first kappa shape index (κ1) is 19.1. The second kappa shape index (κ2) is 7.63. The van der Waals surface area contributed by atoms with Crippen molar-refractivity contribution in [1.29, 1.82) is 0 Å². The third-order valence-electron chi connectivity index (χ3n) is 5.66. The maximum atomic E-state index is 12.8. The van der Waals surface area contributed by atoms with Gasteiger partial charge >= 0.3 is 0 Å². The van der Waals surface area contributed by atoms with Crippen molar-refractivity contribution in [2.24, 2.45) is 5.41 Å². The van der Waals surface area contributed by atoms with E-state index in [9.17, 15) is 9.59 Å². The summed E-state index contributed by atoms with van der Waals surface area (Å²) < 4.78 is 0. The van der Waals surface area contributed by atoms with Crippen molar-refractivity contribution in [2.75, 3.05) is 5.32 Å². The van der Waals surface area contributed by atoms with Crippen LogP contribution in [-0.4, -0.2) is 17.9 Å². The fraction of sp³-hybridized carbons (Fsp3) is 0.391. The van der Waals surface area contributed by atoms with E-state index >= 15 is 0 Å². The average Bonchev–Trinajstić information content (AvgIpc) is 3.42. The molecule has 146 valence electrons. The van der Waals surface area contributed by atoms with Gasteiger partial charge in [-0.2, -0.15) is 0 Å². The lowest BCUT2D eigenvalue weighted by molar-refractivity contribution is -0.146. The molecule has 2 N–H and O–H groups in total. The Labute approximate surface area is 170 Å². The first-order valence-electron chi connectivity index (χ1n) is 9.94. The maximum Gasteiger partial charge on any atom is 0.240 e. The number of carbonyl (C=O) groups is 2. The fourth-order valence-electron chi connectivity index (χ4n) is 3.54. The van der Waals surface area contributed by atoms with Crippen LogP contribution in [0.1, 0.15) is 43.2 Å². The van der Waals surface area contributed by atoms with Crippen molar-refractivity contribution in [2.45, 2.75) is 61.8 Å². The van der Waals surface area contributed by atoms with Crippen LogP contribution in [0.15, 0.2) is 52.3 Å². The predicted molar refractivity (Wildman–Crippen MR) is 113 cm³/mol. The standard InChI is InChI=1S/C23H26N2O2S/c1-15-4-11-20(16(2)14-15)28-19-9-7-18(8-10-19)25-22(27)23(12-3-13-23)21(26)24-17-5-6-17/h4,7-11,14,17H,3,5-6,12-13H2,1-2H3,(H,24,26)(H,25,27). The average molecular weight is 395 g/mol. The molecule has 2 amide bonds. The van der Waals surface area contributed by atoms with Crippen LogP contribution in [0.25, 0.3) is 0 Å². The van der Waals surface area contributed by atoms with Gasteiger partial charge in [-0.05, 0) is 75.4 Å². The Balaban J connectivity index is 1.41. The highest BCUT2D eigenvalue weighted by atomic mass is 32.2. The Bertz CT molecular complexity index is 899. The van der Waals surface area contributed by atoms with Crippen molar-refractivity contribution < 1.29 is 9.59 Å². The zero-order valence-corrected chi connectivity index (χ0v) is 17.2.